The molecular formula is C24H28FN5OS. The SMILES string of the molecule is Cc1ccc(-n2c(SC(C)C(=O)NCc3ccc(F)cc3)nnc2N2CCCCC2)cc1. The minimum Gasteiger partial charge on any atom is -0.351 e. The van der Waals surface area contributed by atoms with E-state index in [4.69, 9.17) is 0 Å². The summed E-state index contributed by atoms with van der Waals surface area (Å²) in [6.07, 6.45) is 3.53. The summed E-state index contributed by atoms with van der Waals surface area (Å²) in [5.41, 5.74) is 3.03. The molecule has 6 nitrogen and oxygen atoms in total. The summed E-state index contributed by atoms with van der Waals surface area (Å²) >= 11 is 1.39. The average Bonchev–Trinajstić information content (AvgIpc) is 3.23. The van der Waals surface area contributed by atoms with Gasteiger partial charge < -0.3 is 10.2 Å². The van der Waals surface area contributed by atoms with Crippen molar-refractivity contribution < 1.29 is 9.18 Å². The van der Waals surface area contributed by atoms with E-state index in [0.717, 1.165) is 43.1 Å². The van der Waals surface area contributed by atoms with Crippen molar-refractivity contribution in [3.8, 4) is 5.69 Å². The normalized spacial score (nSPS) is 14.9. The molecule has 1 atom stereocenters. The van der Waals surface area contributed by atoms with Crippen molar-refractivity contribution in [3.63, 3.8) is 0 Å². The minimum absolute atomic E-state index is 0.0997. The molecule has 0 saturated carbocycles. The molecule has 1 unspecified atom stereocenters. The topological polar surface area (TPSA) is 63.1 Å². The fraction of sp³-hybridized carbons (Fsp3) is 0.375. The van der Waals surface area contributed by atoms with E-state index in [2.05, 4.69) is 56.2 Å². The highest BCUT2D eigenvalue weighted by molar-refractivity contribution is 8.00. The number of nitrogens with one attached hydrogen (secondary N) is 1. The predicted molar refractivity (Wildman–Crippen MR) is 126 cm³/mol. The van der Waals surface area contributed by atoms with E-state index in [1.807, 2.05) is 6.92 Å². The van der Waals surface area contributed by atoms with E-state index in [0.29, 0.717) is 11.7 Å². The fourth-order valence-electron chi connectivity index (χ4n) is 3.70. The van der Waals surface area contributed by atoms with Crippen molar-refractivity contribution in [3.05, 3.63) is 65.5 Å². The van der Waals surface area contributed by atoms with Gasteiger partial charge in [-0.25, -0.2) is 4.39 Å². The standard InChI is InChI=1S/C24H28FN5OS/c1-17-6-12-21(13-7-17)30-23(29-14-4-3-5-15-29)27-28-24(30)32-18(2)22(31)26-16-19-8-10-20(25)11-9-19/h6-13,18H,3-5,14-16H2,1-2H3,(H,26,31). The molecule has 8 heteroatoms. The van der Waals surface area contributed by atoms with Crippen LogP contribution >= 0.6 is 11.8 Å². The number of thioether (sulfide) groups is 1. The predicted octanol–water partition coefficient (Wildman–Crippen LogP) is 4.50. The van der Waals surface area contributed by atoms with Crippen LogP contribution in [0.1, 0.15) is 37.3 Å². The number of aryl methyl sites for hydroxylation is 1. The van der Waals surface area contributed by atoms with Crippen LogP contribution in [-0.2, 0) is 11.3 Å². The first-order valence-electron chi connectivity index (χ1n) is 11.0. The summed E-state index contributed by atoms with van der Waals surface area (Å²) in [6.45, 7) is 6.20. The minimum atomic E-state index is -0.363. The van der Waals surface area contributed by atoms with E-state index in [9.17, 15) is 9.18 Å². The summed E-state index contributed by atoms with van der Waals surface area (Å²) in [6, 6.07) is 14.4. The molecule has 0 bridgehead atoms. The maximum Gasteiger partial charge on any atom is 0.233 e. The number of amides is 1. The van der Waals surface area contributed by atoms with Crippen molar-refractivity contribution in [2.24, 2.45) is 0 Å². The molecule has 168 valence electrons. The number of hydrogen-bond acceptors (Lipinski definition) is 5. The zero-order valence-corrected chi connectivity index (χ0v) is 19.2. The maximum absolute atomic E-state index is 13.1. The van der Waals surface area contributed by atoms with Crippen LogP contribution in [0, 0.1) is 12.7 Å². The molecule has 32 heavy (non-hydrogen) atoms. The van der Waals surface area contributed by atoms with Gasteiger partial charge in [-0.3, -0.25) is 9.36 Å². The van der Waals surface area contributed by atoms with E-state index >= 15 is 0 Å². The molecule has 0 aliphatic carbocycles. The third-order valence-corrected chi connectivity index (χ3v) is 6.62. The molecule has 1 fully saturated rings. The number of carbonyl (C=O) groups is 1. The smallest absolute Gasteiger partial charge is 0.233 e. The first kappa shape index (κ1) is 22.3. The molecule has 0 radical (unpaired) electrons. The average molecular weight is 454 g/mol. The Labute approximate surface area is 192 Å². The second-order valence-electron chi connectivity index (χ2n) is 8.11. The molecule has 1 aliphatic heterocycles. The highest BCUT2D eigenvalue weighted by Gasteiger charge is 2.24. The molecule has 1 amide bonds. The third-order valence-electron chi connectivity index (χ3n) is 5.58. The van der Waals surface area contributed by atoms with Gasteiger partial charge >= 0.3 is 0 Å². The highest BCUT2D eigenvalue weighted by Crippen LogP contribution is 2.30. The van der Waals surface area contributed by atoms with Gasteiger partial charge in [-0.1, -0.05) is 41.6 Å². The van der Waals surface area contributed by atoms with Crippen LogP contribution in [0.25, 0.3) is 5.69 Å². The Morgan fingerprint density at radius 1 is 1.06 bits per heavy atom. The molecule has 2 heterocycles. The Kier molecular flexibility index (Phi) is 7.09. The van der Waals surface area contributed by atoms with Crippen molar-refractivity contribution in [2.45, 2.75) is 50.1 Å². The third kappa shape index (κ3) is 5.30. The van der Waals surface area contributed by atoms with Gasteiger partial charge in [0, 0.05) is 19.6 Å². The quantitative estimate of drug-likeness (QED) is 0.534. The second kappa shape index (κ2) is 10.2. The molecular weight excluding hydrogens is 425 g/mol. The van der Waals surface area contributed by atoms with E-state index < -0.39 is 0 Å². The van der Waals surface area contributed by atoms with Gasteiger partial charge in [0.2, 0.25) is 11.9 Å². The van der Waals surface area contributed by atoms with Crippen LogP contribution < -0.4 is 10.2 Å². The zero-order valence-electron chi connectivity index (χ0n) is 18.4. The van der Waals surface area contributed by atoms with Gasteiger partial charge in [0.25, 0.3) is 0 Å². The number of aromatic nitrogens is 3. The van der Waals surface area contributed by atoms with Gasteiger partial charge in [-0.15, -0.1) is 10.2 Å². The largest absolute Gasteiger partial charge is 0.351 e. The molecule has 1 N–H and O–H groups in total. The molecule has 1 aliphatic rings. The Morgan fingerprint density at radius 2 is 1.75 bits per heavy atom. The van der Waals surface area contributed by atoms with Crippen LogP contribution in [0.15, 0.2) is 53.7 Å². The number of hydrogen-bond donors (Lipinski definition) is 1. The van der Waals surface area contributed by atoms with Crippen molar-refractivity contribution in [1.82, 2.24) is 20.1 Å². The lowest BCUT2D eigenvalue weighted by molar-refractivity contribution is -0.120. The van der Waals surface area contributed by atoms with Gasteiger partial charge in [-0.2, -0.15) is 0 Å². The molecule has 1 aromatic heterocycles. The fourth-order valence-corrected chi connectivity index (χ4v) is 4.59. The van der Waals surface area contributed by atoms with Crippen LogP contribution in [0.2, 0.25) is 0 Å². The Bertz CT molecular complexity index is 1050. The van der Waals surface area contributed by atoms with Crippen LogP contribution in [0.4, 0.5) is 10.3 Å². The van der Waals surface area contributed by atoms with Gasteiger partial charge in [0.1, 0.15) is 5.82 Å². The number of nitrogens with zero attached hydrogens (tertiary/aromatic N) is 4. The molecule has 3 aromatic rings. The molecule has 1 saturated heterocycles. The van der Waals surface area contributed by atoms with Crippen LogP contribution in [0.3, 0.4) is 0 Å². The molecule has 4 rings (SSSR count). The number of carbonyl (C=O) groups excluding carboxylic acids is 1. The lowest BCUT2D eigenvalue weighted by Gasteiger charge is -2.28. The summed E-state index contributed by atoms with van der Waals surface area (Å²) in [5.74, 6) is 0.441. The van der Waals surface area contributed by atoms with Crippen molar-refractivity contribution >= 4 is 23.6 Å². The van der Waals surface area contributed by atoms with Crippen molar-refractivity contribution in [2.75, 3.05) is 18.0 Å². The number of halogens is 1. The van der Waals surface area contributed by atoms with Gasteiger partial charge in [-0.05, 0) is 62.9 Å². The summed E-state index contributed by atoms with van der Waals surface area (Å²) in [5, 5.41) is 12.2. The summed E-state index contributed by atoms with van der Waals surface area (Å²) < 4.78 is 15.1. The molecule has 0 spiro atoms. The van der Waals surface area contributed by atoms with Crippen LogP contribution in [-0.4, -0.2) is 39.0 Å². The van der Waals surface area contributed by atoms with Gasteiger partial charge in [0.15, 0.2) is 5.16 Å². The summed E-state index contributed by atoms with van der Waals surface area (Å²) in [4.78, 5) is 15.0. The van der Waals surface area contributed by atoms with E-state index in [1.54, 1.807) is 12.1 Å². The number of benzene rings is 2. The van der Waals surface area contributed by atoms with Gasteiger partial charge in [0.05, 0.1) is 10.9 Å². The van der Waals surface area contributed by atoms with E-state index in [-0.39, 0.29) is 17.0 Å². The van der Waals surface area contributed by atoms with Crippen LogP contribution in [0.5, 0.6) is 0 Å². The number of rotatable bonds is 7. The molecule has 2 aromatic carbocycles. The first-order valence-corrected chi connectivity index (χ1v) is 11.9. The van der Waals surface area contributed by atoms with E-state index in [1.165, 1.54) is 35.9 Å². The highest BCUT2D eigenvalue weighted by atomic mass is 32.2. The second-order valence-corrected chi connectivity index (χ2v) is 9.41. The Morgan fingerprint density at radius 3 is 2.44 bits per heavy atom. The monoisotopic (exact) mass is 453 g/mol. The lowest BCUT2D eigenvalue weighted by atomic mass is 10.1. The Hall–Kier alpha value is -2.87. The van der Waals surface area contributed by atoms with Crippen molar-refractivity contribution in [1.29, 1.82) is 0 Å². The number of anilines is 1. The lowest BCUT2D eigenvalue weighted by Crippen LogP contribution is -2.32. The first-order chi connectivity index (χ1) is 15.5. The number of piperidine rings is 1. The summed E-state index contributed by atoms with van der Waals surface area (Å²) in [7, 11) is 0. The maximum atomic E-state index is 13.1. The Balaban J connectivity index is 1.51. The zero-order chi connectivity index (χ0) is 22.5.